The van der Waals surface area contributed by atoms with Crippen LogP contribution >= 0.6 is 0 Å². The molecule has 0 aliphatic carbocycles. The van der Waals surface area contributed by atoms with Gasteiger partial charge in [0.2, 0.25) is 5.89 Å². The topological polar surface area (TPSA) is 107 Å². The van der Waals surface area contributed by atoms with Gasteiger partial charge in [-0.25, -0.2) is 4.68 Å². The van der Waals surface area contributed by atoms with Crippen LogP contribution in [0.1, 0.15) is 36.6 Å². The molecule has 0 N–H and O–H groups in total. The molecule has 0 bridgehead atoms. The molecule has 0 saturated heterocycles. The molecule has 0 unspecified atom stereocenters. The van der Waals surface area contributed by atoms with Crippen LogP contribution in [0.5, 0.6) is 0 Å². The summed E-state index contributed by atoms with van der Waals surface area (Å²) in [5.74, 6) is 0.705. The maximum absolute atomic E-state index is 13.4. The zero-order valence-electron chi connectivity index (χ0n) is 16.7. The summed E-state index contributed by atoms with van der Waals surface area (Å²) in [6.45, 7) is 4.75. The molecule has 1 amide bonds. The van der Waals surface area contributed by atoms with Crippen LogP contribution in [0.4, 0.5) is 0 Å². The Balaban J connectivity index is 1.69. The van der Waals surface area contributed by atoms with Crippen LogP contribution in [0.15, 0.2) is 56.3 Å². The third kappa shape index (κ3) is 3.61. The van der Waals surface area contributed by atoms with Gasteiger partial charge in [0.1, 0.15) is 0 Å². The number of aromatic nitrogens is 4. The number of amides is 1. The van der Waals surface area contributed by atoms with Crippen molar-refractivity contribution >= 4 is 16.7 Å². The van der Waals surface area contributed by atoms with Crippen molar-refractivity contribution in [3.63, 3.8) is 0 Å². The van der Waals surface area contributed by atoms with Crippen molar-refractivity contribution in [2.45, 2.75) is 33.4 Å². The summed E-state index contributed by atoms with van der Waals surface area (Å²) in [4.78, 5) is 27.6. The summed E-state index contributed by atoms with van der Waals surface area (Å²) in [5.41, 5.74) is 0.0120. The minimum atomic E-state index is -0.298. The zero-order valence-corrected chi connectivity index (χ0v) is 16.7. The Kier molecular flexibility index (Phi) is 5.42. The second-order valence-corrected chi connectivity index (χ2v) is 6.72. The van der Waals surface area contributed by atoms with Crippen LogP contribution in [-0.2, 0) is 13.1 Å². The number of carbonyl (C=O) groups excluding carboxylic acids is 1. The summed E-state index contributed by atoms with van der Waals surface area (Å²) < 4.78 is 12.2. The number of fused-ring (bicyclic) bond motifs is 1. The van der Waals surface area contributed by atoms with E-state index < -0.39 is 0 Å². The quantitative estimate of drug-likeness (QED) is 0.463. The van der Waals surface area contributed by atoms with Crippen LogP contribution in [0.3, 0.4) is 0 Å². The van der Waals surface area contributed by atoms with Gasteiger partial charge in [-0.2, -0.15) is 5.10 Å². The molecule has 9 heteroatoms. The van der Waals surface area contributed by atoms with Crippen molar-refractivity contribution in [3.8, 4) is 11.7 Å². The van der Waals surface area contributed by atoms with Gasteiger partial charge in [-0.3, -0.25) is 9.59 Å². The van der Waals surface area contributed by atoms with Crippen molar-refractivity contribution in [1.29, 1.82) is 0 Å². The molecule has 4 rings (SSSR count). The highest BCUT2D eigenvalue weighted by molar-refractivity contribution is 6.04. The third-order valence-corrected chi connectivity index (χ3v) is 4.68. The van der Waals surface area contributed by atoms with Gasteiger partial charge in [-0.15, -0.1) is 10.2 Å². The highest BCUT2D eigenvalue weighted by atomic mass is 16.4. The Labute approximate surface area is 171 Å². The lowest BCUT2D eigenvalue weighted by Gasteiger charge is -2.21. The van der Waals surface area contributed by atoms with Crippen molar-refractivity contribution < 1.29 is 13.6 Å². The smallest absolute Gasteiger partial charge is 0.283 e. The molecule has 4 aromatic rings. The normalized spacial score (nSPS) is 11.1. The van der Waals surface area contributed by atoms with E-state index in [1.807, 2.05) is 13.8 Å². The molecule has 154 valence electrons. The van der Waals surface area contributed by atoms with Crippen LogP contribution in [0, 0.1) is 0 Å². The average molecular weight is 407 g/mol. The van der Waals surface area contributed by atoms with Gasteiger partial charge in [0.15, 0.2) is 11.5 Å². The Morgan fingerprint density at radius 2 is 1.90 bits per heavy atom. The Hall–Kier alpha value is -3.75. The SMILES string of the molecule is CCCN(Cc1nnc(-c2ccco2)o1)C(=O)c1nn(CC)c(=O)c2ccccc12. The monoisotopic (exact) mass is 407 g/mol. The van der Waals surface area contributed by atoms with Gasteiger partial charge in [0.25, 0.3) is 17.4 Å². The van der Waals surface area contributed by atoms with E-state index in [0.29, 0.717) is 29.6 Å². The first kappa shape index (κ1) is 19.6. The standard InChI is InChI=1S/C21H21N5O4/c1-3-11-25(13-17-22-23-19(30-17)16-10-7-12-29-16)21(28)18-14-8-5-6-9-15(14)20(27)26(4-2)24-18/h5-10,12H,3-4,11,13H2,1-2H3. The van der Waals surface area contributed by atoms with E-state index in [1.165, 1.54) is 10.9 Å². The fourth-order valence-corrected chi connectivity index (χ4v) is 3.26. The van der Waals surface area contributed by atoms with E-state index >= 15 is 0 Å². The second-order valence-electron chi connectivity index (χ2n) is 6.72. The molecule has 3 aromatic heterocycles. The molecular formula is C21H21N5O4. The van der Waals surface area contributed by atoms with Crippen molar-refractivity contribution in [2.75, 3.05) is 6.54 Å². The first-order chi connectivity index (χ1) is 14.6. The van der Waals surface area contributed by atoms with Crippen LogP contribution in [-0.4, -0.2) is 37.3 Å². The number of hydrogen-bond donors (Lipinski definition) is 0. The predicted octanol–water partition coefficient (Wildman–Crippen LogP) is 3.11. The summed E-state index contributed by atoms with van der Waals surface area (Å²) >= 11 is 0. The highest BCUT2D eigenvalue weighted by Gasteiger charge is 2.24. The molecule has 0 radical (unpaired) electrons. The van der Waals surface area contributed by atoms with Gasteiger partial charge in [-0.05, 0) is 31.5 Å². The van der Waals surface area contributed by atoms with E-state index in [0.717, 1.165) is 6.42 Å². The van der Waals surface area contributed by atoms with Gasteiger partial charge in [0, 0.05) is 18.5 Å². The molecule has 0 spiro atoms. The predicted molar refractivity (Wildman–Crippen MR) is 109 cm³/mol. The molecule has 3 heterocycles. The molecule has 1 aromatic carbocycles. The van der Waals surface area contributed by atoms with Crippen molar-refractivity contribution in [1.82, 2.24) is 24.9 Å². The second kappa shape index (κ2) is 8.32. The number of nitrogens with zero attached hydrogens (tertiary/aromatic N) is 5. The number of rotatable bonds is 7. The van der Waals surface area contributed by atoms with E-state index in [1.54, 1.807) is 41.3 Å². The molecule has 0 saturated carbocycles. The first-order valence-corrected chi connectivity index (χ1v) is 9.77. The summed E-state index contributed by atoms with van der Waals surface area (Å²) in [5, 5.41) is 13.4. The van der Waals surface area contributed by atoms with Gasteiger partial charge in [0.05, 0.1) is 18.2 Å². The van der Waals surface area contributed by atoms with Gasteiger partial charge < -0.3 is 13.7 Å². The van der Waals surface area contributed by atoms with Crippen LogP contribution in [0.2, 0.25) is 0 Å². The van der Waals surface area contributed by atoms with Gasteiger partial charge in [-0.1, -0.05) is 25.1 Å². The third-order valence-electron chi connectivity index (χ3n) is 4.68. The zero-order chi connectivity index (χ0) is 21.1. The average Bonchev–Trinajstić information content (AvgIpc) is 3.45. The maximum Gasteiger partial charge on any atom is 0.283 e. The first-order valence-electron chi connectivity index (χ1n) is 9.77. The van der Waals surface area contributed by atoms with Crippen molar-refractivity contribution in [2.24, 2.45) is 0 Å². The van der Waals surface area contributed by atoms with E-state index in [9.17, 15) is 9.59 Å². The number of aryl methyl sites for hydroxylation is 1. The Morgan fingerprint density at radius 3 is 2.60 bits per heavy atom. The highest BCUT2D eigenvalue weighted by Crippen LogP contribution is 2.20. The minimum absolute atomic E-state index is 0.127. The molecule has 0 fully saturated rings. The van der Waals surface area contributed by atoms with E-state index in [-0.39, 0.29) is 35.5 Å². The Bertz CT molecular complexity index is 1230. The molecule has 0 aliphatic rings. The summed E-state index contributed by atoms with van der Waals surface area (Å²) in [7, 11) is 0. The van der Waals surface area contributed by atoms with Crippen LogP contribution in [0.25, 0.3) is 22.4 Å². The molecule has 0 aliphatic heterocycles. The fraction of sp³-hybridized carbons (Fsp3) is 0.286. The lowest BCUT2D eigenvalue weighted by Crippen LogP contribution is -2.34. The van der Waals surface area contributed by atoms with E-state index in [4.69, 9.17) is 8.83 Å². The molecular weight excluding hydrogens is 386 g/mol. The molecule has 0 atom stereocenters. The number of benzene rings is 1. The fourth-order valence-electron chi connectivity index (χ4n) is 3.26. The van der Waals surface area contributed by atoms with Crippen molar-refractivity contribution in [3.05, 3.63) is 64.6 Å². The minimum Gasteiger partial charge on any atom is -0.459 e. The summed E-state index contributed by atoms with van der Waals surface area (Å²) in [6.07, 6.45) is 2.25. The Morgan fingerprint density at radius 1 is 1.10 bits per heavy atom. The maximum atomic E-state index is 13.4. The molecule has 30 heavy (non-hydrogen) atoms. The lowest BCUT2D eigenvalue weighted by molar-refractivity contribution is 0.0722. The number of carbonyl (C=O) groups is 1. The van der Waals surface area contributed by atoms with E-state index in [2.05, 4.69) is 15.3 Å². The number of hydrogen-bond acceptors (Lipinski definition) is 7. The van der Waals surface area contributed by atoms with Crippen LogP contribution < -0.4 is 5.56 Å². The lowest BCUT2D eigenvalue weighted by atomic mass is 10.1. The largest absolute Gasteiger partial charge is 0.459 e. The molecule has 9 nitrogen and oxygen atoms in total. The van der Waals surface area contributed by atoms with Gasteiger partial charge >= 0.3 is 0 Å². The number of furan rings is 1. The summed E-state index contributed by atoms with van der Waals surface area (Å²) in [6, 6.07) is 10.5.